The third kappa shape index (κ3) is 4.47. The summed E-state index contributed by atoms with van der Waals surface area (Å²) in [6.45, 7) is 5.39. The van der Waals surface area contributed by atoms with Gasteiger partial charge in [-0.25, -0.2) is 9.97 Å². The number of benzene rings is 2. The van der Waals surface area contributed by atoms with Crippen molar-refractivity contribution in [1.29, 1.82) is 0 Å². The van der Waals surface area contributed by atoms with Crippen LogP contribution in [0.2, 0.25) is 0 Å². The molecule has 0 unspecified atom stereocenters. The Kier molecular flexibility index (Phi) is 5.63. The van der Waals surface area contributed by atoms with Crippen LogP contribution in [0, 0.1) is 0 Å². The van der Waals surface area contributed by atoms with E-state index >= 15 is 0 Å². The van der Waals surface area contributed by atoms with Gasteiger partial charge in [-0.3, -0.25) is 0 Å². The van der Waals surface area contributed by atoms with Crippen LogP contribution in [0.25, 0.3) is 10.9 Å². The van der Waals surface area contributed by atoms with Crippen LogP contribution in [-0.4, -0.2) is 55.5 Å². The Morgan fingerprint density at radius 3 is 2.80 bits per heavy atom. The van der Waals surface area contributed by atoms with E-state index < -0.39 is 0 Å². The van der Waals surface area contributed by atoms with Crippen molar-refractivity contribution < 1.29 is 9.47 Å². The molecule has 2 saturated heterocycles. The minimum absolute atomic E-state index is 0.269. The van der Waals surface area contributed by atoms with E-state index in [1.54, 1.807) is 0 Å². The van der Waals surface area contributed by atoms with E-state index in [0.29, 0.717) is 5.95 Å². The molecule has 0 atom stereocenters. The second-order valence-corrected chi connectivity index (χ2v) is 7.76. The molecule has 0 amide bonds. The van der Waals surface area contributed by atoms with Crippen LogP contribution in [0.5, 0.6) is 5.75 Å². The molecule has 0 aliphatic carbocycles. The zero-order chi connectivity index (χ0) is 20.2. The lowest BCUT2D eigenvalue weighted by Crippen LogP contribution is -2.36. The first kappa shape index (κ1) is 19.1. The molecule has 0 bridgehead atoms. The summed E-state index contributed by atoms with van der Waals surface area (Å²) in [5, 5.41) is 7.71. The molecule has 7 heteroatoms. The topological polar surface area (TPSA) is 71.5 Å². The third-order valence-electron chi connectivity index (χ3n) is 5.62. The largest absolute Gasteiger partial charge is 0.490 e. The fourth-order valence-corrected chi connectivity index (χ4v) is 3.97. The number of nitrogens with zero attached hydrogens (tertiary/aromatic N) is 3. The molecular weight excluding hydrogens is 378 g/mol. The summed E-state index contributed by atoms with van der Waals surface area (Å²) in [5.74, 6) is 1.45. The monoisotopic (exact) mass is 405 g/mol. The maximum Gasteiger partial charge on any atom is 0.227 e. The maximum absolute atomic E-state index is 6.17. The summed E-state index contributed by atoms with van der Waals surface area (Å²) < 4.78 is 11.6. The molecule has 156 valence electrons. The van der Waals surface area contributed by atoms with Crippen molar-refractivity contribution in [3.8, 4) is 5.75 Å². The van der Waals surface area contributed by atoms with Gasteiger partial charge in [0.05, 0.1) is 18.7 Å². The maximum atomic E-state index is 6.17. The SMILES string of the molecule is c1cc(Nc2ncc3ccc(OC4CCNCC4)cc3n2)cc(N2CCOCC2)c1. The number of aromatic nitrogens is 2. The van der Waals surface area contributed by atoms with E-state index in [1.165, 1.54) is 5.69 Å². The summed E-state index contributed by atoms with van der Waals surface area (Å²) in [6, 6.07) is 14.4. The number of anilines is 3. The molecule has 2 aliphatic rings. The van der Waals surface area contributed by atoms with Crippen molar-refractivity contribution in [2.24, 2.45) is 0 Å². The molecule has 2 N–H and O–H groups in total. The van der Waals surface area contributed by atoms with Gasteiger partial charge in [0.25, 0.3) is 0 Å². The predicted octanol–water partition coefficient (Wildman–Crippen LogP) is 3.34. The van der Waals surface area contributed by atoms with E-state index in [0.717, 1.165) is 74.6 Å². The van der Waals surface area contributed by atoms with Crippen LogP contribution in [-0.2, 0) is 4.74 Å². The number of hydrogen-bond acceptors (Lipinski definition) is 7. The summed E-state index contributed by atoms with van der Waals surface area (Å²) in [6.07, 6.45) is 4.19. The first-order valence-corrected chi connectivity index (χ1v) is 10.7. The molecule has 0 saturated carbocycles. The van der Waals surface area contributed by atoms with Gasteiger partial charge in [0.1, 0.15) is 11.9 Å². The summed E-state index contributed by atoms with van der Waals surface area (Å²) in [4.78, 5) is 11.5. The van der Waals surface area contributed by atoms with Crippen LogP contribution in [0.1, 0.15) is 12.8 Å². The van der Waals surface area contributed by atoms with E-state index in [2.05, 4.69) is 38.7 Å². The fourth-order valence-electron chi connectivity index (χ4n) is 3.97. The lowest BCUT2D eigenvalue weighted by molar-refractivity contribution is 0.122. The number of ether oxygens (including phenoxy) is 2. The van der Waals surface area contributed by atoms with E-state index in [9.17, 15) is 0 Å². The van der Waals surface area contributed by atoms with E-state index in [4.69, 9.17) is 14.5 Å². The Morgan fingerprint density at radius 1 is 1.07 bits per heavy atom. The van der Waals surface area contributed by atoms with Crippen LogP contribution in [0.4, 0.5) is 17.3 Å². The minimum atomic E-state index is 0.269. The van der Waals surface area contributed by atoms with Crippen molar-refractivity contribution in [1.82, 2.24) is 15.3 Å². The molecule has 7 nitrogen and oxygen atoms in total. The number of nitrogens with one attached hydrogen (secondary N) is 2. The fraction of sp³-hybridized carbons (Fsp3) is 0.391. The second kappa shape index (κ2) is 8.85. The smallest absolute Gasteiger partial charge is 0.227 e. The molecule has 0 spiro atoms. The lowest BCUT2D eigenvalue weighted by atomic mass is 10.1. The molecule has 3 heterocycles. The zero-order valence-corrected chi connectivity index (χ0v) is 17.0. The average Bonchev–Trinajstić information content (AvgIpc) is 2.80. The van der Waals surface area contributed by atoms with Crippen molar-refractivity contribution in [2.75, 3.05) is 49.6 Å². The Labute approximate surface area is 176 Å². The van der Waals surface area contributed by atoms with Crippen molar-refractivity contribution in [2.45, 2.75) is 18.9 Å². The third-order valence-corrected chi connectivity index (χ3v) is 5.62. The van der Waals surface area contributed by atoms with E-state index in [1.807, 2.05) is 30.5 Å². The minimum Gasteiger partial charge on any atom is -0.490 e. The quantitative estimate of drug-likeness (QED) is 0.675. The molecule has 0 radical (unpaired) electrons. The lowest BCUT2D eigenvalue weighted by Gasteiger charge is -2.29. The van der Waals surface area contributed by atoms with Crippen LogP contribution in [0.15, 0.2) is 48.7 Å². The van der Waals surface area contributed by atoms with Crippen molar-refractivity contribution >= 4 is 28.2 Å². The number of morpholine rings is 1. The zero-order valence-electron chi connectivity index (χ0n) is 17.0. The standard InChI is InChI=1S/C23H27N5O2/c1-2-18(14-19(3-1)28-10-12-29-13-11-28)26-23-25-16-17-4-5-21(15-22(17)27-23)30-20-6-8-24-9-7-20/h1-5,14-16,20,24H,6-13H2,(H,25,26,27). The molecule has 2 fully saturated rings. The van der Waals surface area contributed by atoms with Crippen LogP contribution in [0.3, 0.4) is 0 Å². The van der Waals surface area contributed by atoms with Gasteiger partial charge in [-0.1, -0.05) is 6.07 Å². The highest BCUT2D eigenvalue weighted by Gasteiger charge is 2.15. The Hall–Kier alpha value is -2.90. The van der Waals surface area contributed by atoms with Crippen LogP contribution >= 0.6 is 0 Å². The van der Waals surface area contributed by atoms with Gasteiger partial charge < -0.3 is 25.0 Å². The van der Waals surface area contributed by atoms with Gasteiger partial charge >= 0.3 is 0 Å². The van der Waals surface area contributed by atoms with Gasteiger partial charge in [-0.15, -0.1) is 0 Å². The Bertz CT molecular complexity index is 1000. The normalized spacial score (nSPS) is 17.8. The molecule has 30 heavy (non-hydrogen) atoms. The van der Waals surface area contributed by atoms with Crippen molar-refractivity contribution in [3.63, 3.8) is 0 Å². The molecule has 3 aromatic rings. The van der Waals surface area contributed by atoms with Gasteiger partial charge in [0.2, 0.25) is 5.95 Å². The van der Waals surface area contributed by atoms with Gasteiger partial charge in [0, 0.05) is 42.1 Å². The first-order chi connectivity index (χ1) is 14.8. The van der Waals surface area contributed by atoms with Gasteiger partial charge in [-0.2, -0.15) is 0 Å². The van der Waals surface area contributed by atoms with Gasteiger partial charge in [0.15, 0.2) is 0 Å². The summed E-state index contributed by atoms with van der Waals surface area (Å²) in [5.41, 5.74) is 3.03. The Balaban J connectivity index is 1.33. The summed E-state index contributed by atoms with van der Waals surface area (Å²) >= 11 is 0. The van der Waals surface area contributed by atoms with E-state index in [-0.39, 0.29) is 6.10 Å². The van der Waals surface area contributed by atoms with Crippen LogP contribution < -0.4 is 20.3 Å². The average molecular weight is 406 g/mol. The molecule has 1 aromatic heterocycles. The highest BCUT2D eigenvalue weighted by atomic mass is 16.5. The number of piperidine rings is 1. The highest BCUT2D eigenvalue weighted by Crippen LogP contribution is 2.25. The molecule has 5 rings (SSSR count). The number of rotatable bonds is 5. The molecule has 2 aromatic carbocycles. The summed E-state index contributed by atoms with van der Waals surface area (Å²) in [7, 11) is 0. The Morgan fingerprint density at radius 2 is 1.93 bits per heavy atom. The predicted molar refractivity (Wildman–Crippen MR) is 119 cm³/mol. The molecular formula is C23H27N5O2. The number of fused-ring (bicyclic) bond motifs is 1. The highest BCUT2D eigenvalue weighted by molar-refractivity contribution is 5.80. The number of hydrogen-bond donors (Lipinski definition) is 2. The molecule has 2 aliphatic heterocycles. The second-order valence-electron chi connectivity index (χ2n) is 7.76. The first-order valence-electron chi connectivity index (χ1n) is 10.7. The van der Waals surface area contributed by atoms with Gasteiger partial charge in [-0.05, 0) is 56.3 Å². The van der Waals surface area contributed by atoms with Crippen molar-refractivity contribution in [3.05, 3.63) is 48.7 Å².